The normalized spacial score (nSPS) is 14.2. The first-order valence-corrected chi connectivity index (χ1v) is 7.68. The van der Waals surface area contributed by atoms with Gasteiger partial charge in [0.15, 0.2) is 0 Å². The van der Waals surface area contributed by atoms with E-state index in [-0.39, 0.29) is 12.5 Å². The fraction of sp³-hybridized carbons (Fsp3) is 0.385. The molecule has 0 aliphatic heterocycles. The average Bonchev–Trinajstić information content (AvgIpc) is 2.94. The molecule has 0 unspecified atom stereocenters. The summed E-state index contributed by atoms with van der Waals surface area (Å²) in [6.07, 6.45) is 5.75. The van der Waals surface area contributed by atoms with Crippen molar-refractivity contribution in [2.75, 3.05) is 5.32 Å². The van der Waals surface area contributed by atoms with Crippen molar-refractivity contribution in [3.05, 3.63) is 33.7 Å². The number of thiophene rings is 1. The van der Waals surface area contributed by atoms with Gasteiger partial charge in [-0.15, -0.1) is 11.3 Å². The molecule has 20 heavy (non-hydrogen) atoms. The Balaban J connectivity index is 1.49. The highest BCUT2D eigenvalue weighted by atomic mass is 35.5. The Labute approximate surface area is 125 Å². The van der Waals surface area contributed by atoms with Crippen molar-refractivity contribution in [1.82, 2.24) is 15.1 Å². The molecule has 7 heteroatoms. The van der Waals surface area contributed by atoms with Crippen LogP contribution in [0.2, 0.25) is 4.34 Å². The number of aromatic nitrogens is 2. The van der Waals surface area contributed by atoms with E-state index in [0.717, 1.165) is 27.7 Å². The van der Waals surface area contributed by atoms with Gasteiger partial charge in [0.25, 0.3) is 0 Å². The zero-order valence-electron chi connectivity index (χ0n) is 10.8. The molecule has 0 atom stereocenters. The smallest absolute Gasteiger partial charge is 0.241 e. The van der Waals surface area contributed by atoms with Crippen LogP contribution in [0.25, 0.3) is 0 Å². The molecule has 0 saturated heterocycles. The fourth-order valence-electron chi connectivity index (χ4n) is 1.83. The van der Waals surface area contributed by atoms with Gasteiger partial charge >= 0.3 is 0 Å². The molecule has 0 spiro atoms. The second-order valence-electron chi connectivity index (χ2n) is 4.83. The molecule has 1 fully saturated rings. The van der Waals surface area contributed by atoms with E-state index in [1.54, 1.807) is 22.2 Å². The van der Waals surface area contributed by atoms with Crippen molar-refractivity contribution < 1.29 is 4.79 Å². The number of halogens is 1. The number of amides is 1. The third-order valence-electron chi connectivity index (χ3n) is 2.98. The van der Waals surface area contributed by atoms with E-state index in [1.807, 2.05) is 18.3 Å². The van der Waals surface area contributed by atoms with Crippen LogP contribution in [0.4, 0.5) is 5.69 Å². The molecule has 2 aromatic rings. The average molecular weight is 311 g/mol. The van der Waals surface area contributed by atoms with Gasteiger partial charge in [-0.05, 0) is 25.0 Å². The monoisotopic (exact) mass is 310 g/mol. The molecule has 1 saturated carbocycles. The molecule has 0 aromatic carbocycles. The van der Waals surface area contributed by atoms with Crippen LogP contribution in [0.5, 0.6) is 0 Å². The summed E-state index contributed by atoms with van der Waals surface area (Å²) in [5, 5.41) is 10.4. The van der Waals surface area contributed by atoms with Crippen LogP contribution < -0.4 is 10.6 Å². The summed E-state index contributed by atoms with van der Waals surface area (Å²) in [5.41, 5.74) is 0.897. The largest absolute Gasteiger partial charge is 0.378 e. The Morgan fingerprint density at radius 1 is 1.50 bits per heavy atom. The molecule has 2 aromatic heterocycles. The van der Waals surface area contributed by atoms with E-state index in [2.05, 4.69) is 15.7 Å². The minimum absolute atomic E-state index is 0.0205. The predicted octanol–water partition coefficient (Wildman–Crippen LogP) is 2.49. The van der Waals surface area contributed by atoms with Gasteiger partial charge in [0.2, 0.25) is 5.91 Å². The highest BCUT2D eigenvalue weighted by Gasteiger charge is 2.23. The highest BCUT2D eigenvalue weighted by Crippen LogP contribution is 2.22. The number of rotatable bonds is 6. The maximum atomic E-state index is 11.6. The summed E-state index contributed by atoms with van der Waals surface area (Å²) in [5.74, 6) is 0.0205. The molecule has 106 valence electrons. The maximum absolute atomic E-state index is 11.6. The van der Waals surface area contributed by atoms with Crippen molar-refractivity contribution in [2.24, 2.45) is 0 Å². The Morgan fingerprint density at radius 2 is 2.35 bits per heavy atom. The van der Waals surface area contributed by atoms with Crippen molar-refractivity contribution in [2.45, 2.75) is 32.0 Å². The van der Waals surface area contributed by atoms with Gasteiger partial charge < -0.3 is 10.6 Å². The first-order valence-electron chi connectivity index (χ1n) is 6.49. The summed E-state index contributed by atoms with van der Waals surface area (Å²) in [6, 6.07) is 4.27. The maximum Gasteiger partial charge on any atom is 0.241 e. The third-order valence-corrected chi connectivity index (χ3v) is 4.21. The number of nitrogens with zero attached hydrogens (tertiary/aromatic N) is 2. The van der Waals surface area contributed by atoms with Gasteiger partial charge in [-0.1, -0.05) is 11.6 Å². The molecule has 0 radical (unpaired) electrons. The first kappa shape index (κ1) is 13.5. The number of hydrogen-bond acceptors (Lipinski definition) is 4. The van der Waals surface area contributed by atoms with E-state index in [9.17, 15) is 4.79 Å². The molecule has 0 bridgehead atoms. The second-order valence-corrected chi connectivity index (χ2v) is 6.63. The van der Waals surface area contributed by atoms with Crippen LogP contribution in [0, 0.1) is 0 Å². The van der Waals surface area contributed by atoms with Crippen LogP contribution in [-0.2, 0) is 17.9 Å². The van der Waals surface area contributed by atoms with Gasteiger partial charge in [-0.3, -0.25) is 9.48 Å². The lowest BCUT2D eigenvalue weighted by molar-refractivity contribution is -0.122. The van der Waals surface area contributed by atoms with Crippen LogP contribution in [0.15, 0.2) is 24.5 Å². The number of nitrogens with one attached hydrogen (secondary N) is 2. The lowest BCUT2D eigenvalue weighted by Crippen LogP contribution is -2.29. The quantitative estimate of drug-likeness (QED) is 0.862. The van der Waals surface area contributed by atoms with E-state index >= 15 is 0 Å². The summed E-state index contributed by atoms with van der Waals surface area (Å²) in [7, 11) is 0. The summed E-state index contributed by atoms with van der Waals surface area (Å²) in [6.45, 7) is 0.973. The van der Waals surface area contributed by atoms with Crippen LogP contribution >= 0.6 is 22.9 Å². The lowest BCUT2D eigenvalue weighted by atomic mass is 10.4. The summed E-state index contributed by atoms with van der Waals surface area (Å²) >= 11 is 7.43. The van der Waals surface area contributed by atoms with Gasteiger partial charge in [0.05, 0.1) is 16.2 Å². The summed E-state index contributed by atoms with van der Waals surface area (Å²) in [4.78, 5) is 12.8. The standard InChI is InChI=1S/C13H15ClN4OS/c14-12-4-3-11(20-12)6-15-10-5-16-18(7-10)8-13(19)17-9-1-2-9/h3-5,7,9,15H,1-2,6,8H2,(H,17,19). The SMILES string of the molecule is O=C(Cn1cc(NCc2ccc(Cl)s2)cn1)NC1CC1. The Kier molecular flexibility index (Phi) is 3.93. The van der Waals surface area contributed by atoms with Crippen LogP contribution in [0.1, 0.15) is 17.7 Å². The third kappa shape index (κ3) is 3.74. The van der Waals surface area contributed by atoms with E-state index < -0.39 is 0 Å². The Morgan fingerprint density at radius 3 is 3.05 bits per heavy atom. The van der Waals surface area contributed by atoms with E-state index in [0.29, 0.717) is 12.6 Å². The van der Waals surface area contributed by atoms with Crippen LogP contribution in [0.3, 0.4) is 0 Å². The lowest BCUT2D eigenvalue weighted by Gasteiger charge is -2.03. The Hall–Kier alpha value is -1.53. The molecule has 3 rings (SSSR count). The van der Waals surface area contributed by atoms with E-state index in [1.165, 1.54) is 0 Å². The summed E-state index contributed by atoms with van der Waals surface area (Å²) < 4.78 is 2.43. The second kappa shape index (κ2) is 5.85. The number of carbonyl (C=O) groups excluding carboxylic acids is 1. The number of carbonyl (C=O) groups is 1. The van der Waals surface area contributed by atoms with Crippen molar-refractivity contribution in [3.63, 3.8) is 0 Å². The molecular formula is C13H15ClN4OS. The van der Waals surface area contributed by atoms with Crippen molar-refractivity contribution in [3.8, 4) is 0 Å². The van der Waals surface area contributed by atoms with Crippen molar-refractivity contribution >= 4 is 34.5 Å². The van der Waals surface area contributed by atoms with Crippen LogP contribution in [-0.4, -0.2) is 21.7 Å². The minimum Gasteiger partial charge on any atom is -0.378 e. The number of anilines is 1. The van der Waals surface area contributed by atoms with Gasteiger partial charge in [-0.25, -0.2) is 0 Å². The molecule has 2 N–H and O–H groups in total. The zero-order valence-corrected chi connectivity index (χ0v) is 12.4. The molecule has 1 amide bonds. The van der Waals surface area contributed by atoms with Crippen molar-refractivity contribution in [1.29, 1.82) is 0 Å². The number of hydrogen-bond donors (Lipinski definition) is 2. The molecule has 1 aliphatic rings. The van der Waals surface area contributed by atoms with E-state index in [4.69, 9.17) is 11.6 Å². The molecule has 5 nitrogen and oxygen atoms in total. The van der Waals surface area contributed by atoms with Gasteiger partial charge in [0.1, 0.15) is 6.54 Å². The fourth-order valence-corrected chi connectivity index (χ4v) is 2.85. The zero-order chi connectivity index (χ0) is 13.9. The Bertz CT molecular complexity index is 605. The minimum atomic E-state index is 0.0205. The van der Waals surface area contributed by atoms with Gasteiger partial charge in [-0.2, -0.15) is 5.10 Å². The van der Waals surface area contributed by atoms with Gasteiger partial charge in [0, 0.05) is 23.7 Å². The first-order chi connectivity index (χ1) is 9.69. The highest BCUT2D eigenvalue weighted by molar-refractivity contribution is 7.16. The predicted molar refractivity (Wildman–Crippen MR) is 80.0 cm³/mol. The topological polar surface area (TPSA) is 59.0 Å². The molecule has 2 heterocycles. The molecular weight excluding hydrogens is 296 g/mol. The molecule has 1 aliphatic carbocycles.